The minimum absolute atomic E-state index is 0.0407. The normalized spacial score (nSPS) is 17.3. The van der Waals surface area contributed by atoms with Gasteiger partial charge < -0.3 is 19.2 Å². The highest BCUT2D eigenvalue weighted by Gasteiger charge is 2.44. The number of hydrogen-bond donors (Lipinski definition) is 1. The minimum atomic E-state index is -0.468. The number of fused-ring (bicyclic) bond motifs is 1. The maximum atomic E-state index is 12.1. The van der Waals surface area contributed by atoms with E-state index in [1.165, 1.54) is 11.8 Å². The van der Waals surface area contributed by atoms with Crippen molar-refractivity contribution in [3.63, 3.8) is 0 Å². The summed E-state index contributed by atoms with van der Waals surface area (Å²) in [4.78, 5) is 12.1. The van der Waals surface area contributed by atoms with Gasteiger partial charge in [-0.25, -0.2) is 0 Å². The molecule has 1 aliphatic heterocycles. The van der Waals surface area contributed by atoms with Crippen molar-refractivity contribution >= 4 is 23.4 Å². The Morgan fingerprint density at radius 2 is 2.00 bits per heavy atom. The van der Waals surface area contributed by atoms with E-state index in [2.05, 4.69) is 5.32 Å². The van der Waals surface area contributed by atoms with Gasteiger partial charge in [0.05, 0.1) is 17.8 Å². The van der Waals surface area contributed by atoms with Gasteiger partial charge in [-0.1, -0.05) is 0 Å². The SMILES string of the molecule is O=C(CSCc1ccco1)Nc1ccc2c(c1)OC1(CCCC1)O2. The fourth-order valence-corrected chi connectivity index (χ4v) is 3.85. The van der Waals surface area contributed by atoms with Crippen LogP contribution in [0.15, 0.2) is 41.0 Å². The van der Waals surface area contributed by atoms with E-state index in [1.54, 1.807) is 6.26 Å². The summed E-state index contributed by atoms with van der Waals surface area (Å²) in [5, 5.41) is 2.90. The van der Waals surface area contributed by atoms with E-state index >= 15 is 0 Å². The number of carbonyl (C=O) groups is 1. The zero-order valence-corrected chi connectivity index (χ0v) is 14.1. The van der Waals surface area contributed by atoms with Crippen LogP contribution in [0.25, 0.3) is 0 Å². The molecule has 0 bridgehead atoms. The van der Waals surface area contributed by atoms with Gasteiger partial charge in [-0.15, -0.1) is 11.8 Å². The van der Waals surface area contributed by atoms with E-state index in [0.29, 0.717) is 11.5 Å². The molecule has 1 saturated carbocycles. The van der Waals surface area contributed by atoms with Crippen LogP contribution in [0, 0.1) is 0 Å². The molecule has 1 amide bonds. The highest BCUT2D eigenvalue weighted by atomic mass is 32.2. The quantitative estimate of drug-likeness (QED) is 0.880. The number of anilines is 1. The number of carbonyl (C=O) groups excluding carboxylic acids is 1. The Kier molecular flexibility index (Phi) is 4.14. The lowest BCUT2D eigenvalue weighted by atomic mass is 10.2. The molecule has 4 rings (SSSR count). The molecule has 1 aliphatic carbocycles. The average Bonchev–Trinajstić information content (AvgIpc) is 3.29. The lowest BCUT2D eigenvalue weighted by Gasteiger charge is -2.21. The van der Waals surface area contributed by atoms with Crippen LogP contribution in [0.4, 0.5) is 5.69 Å². The van der Waals surface area contributed by atoms with Crippen molar-refractivity contribution in [2.75, 3.05) is 11.1 Å². The van der Waals surface area contributed by atoms with Gasteiger partial charge in [0.2, 0.25) is 5.91 Å². The third-order valence-corrected chi connectivity index (χ3v) is 5.20. The van der Waals surface area contributed by atoms with E-state index in [9.17, 15) is 4.79 Å². The Bertz CT molecular complexity index is 723. The predicted molar refractivity (Wildman–Crippen MR) is 92.4 cm³/mol. The van der Waals surface area contributed by atoms with Gasteiger partial charge in [0.25, 0.3) is 5.79 Å². The van der Waals surface area contributed by atoms with Crippen LogP contribution >= 0.6 is 11.8 Å². The second-order valence-electron chi connectivity index (χ2n) is 6.10. The van der Waals surface area contributed by atoms with Crippen LogP contribution in [0.5, 0.6) is 11.5 Å². The van der Waals surface area contributed by atoms with E-state index < -0.39 is 5.79 Å². The summed E-state index contributed by atoms with van der Waals surface area (Å²) in [5.41, 5.74) is 0.732. The maximum Gasteiger partial charge on any atom is 0.251 e. The molecule has 1 spiro atoms. The predicted octanol–water partition coefficient (Wildman–Crippen LogP) is 4.19. The van der Waals surface area contributed by atoms with Gasteiger partial charge in [-0.3, -0.25) is 4.79 Å². The first-order valence-corrected chi connectivity index (χ1v) is 9.30. The van der Waals surface area contributed by atoms with E-state index in [4.69, 9.17) is 13.9 Å². The minimum Gasteiger partial charge on any atom is -0.468 e. The average molecular weight is 345 g/mol. The molecule has 1 fully saturated rings. The monoisotopic (exact) mass is 345 g/mol. The van der Waals surface area contributed by atoms with Crippen molar-refractivity contribution < 1.29 is 18.7 Å². The molecular formula is C18H19NO4S. The second kappa shape index (κ2) is 6.43. The van der Waals surface area contributed by atoms with Crippen LogP contribution < -0.4 is 14.8 Å². The Balaban J connectivity index is 1.32. The topological polar surface area (TPSA) is 60.7 Å². The van der Waals surface area contributed by atoms with Gasteiger partial charge in [0.15, 0.2) is 11.5 Å². The molecule has 0 radical (unpaired) electrons. The third kappa shape index (κ3) is 3.24. The van der Waals surface area contributed by atoms with Gasteiger partial charge in [0.1, 0.15) is 5.76 Å². The molecule has 2 aromatic rings. The van der Waals surface area contributed by atoms with E-state index in [0.717, 1.165) is 48.6 Å². The maximum absolute atomic E-state index is 12.1. The third-order valence-electron chi connectivity index (χ3n) is 4.24. The van der Waals surface area contributed by atoms with Gasteiger partial charge in [0, 0.05) is 24.6 Å². The summed E-state index contributed by atoms with van der Waals surface area (Å²) < 4.78 is 17.2. The van der Waals surface area contributed by atoms with Crippen molar-refractivity contribution in [2.45, 2.75) is 37.2 Å². The van der Waals surface area contributed by atoms with Crippen LogP contribution in [0.3, 0.4) is 0 Å². The molecule has 0 saturated heterocycles. The lowest BCUT2D eigenvalue weighted by Crippen LogP contribution is -2.34. The molecule has 0 atom stereocenters. The molecule has 126 valence electrons. The summed E-state index contributed by atoms with van der Waals surface area (Å²) >= 11 is 1.52. The van der Waals surface area contributed by atoms with Crippen LogP contribution in [0.1, 0.15) is 31.4 Å². The number of furan rings is 1. The zero-order valence-electron chi connectivity index (χ0n) is 13.2. The molecule has 0 unspecified atom stereocenters. The molecule has 6 heteroatoms. The molecule has 1 aromatic carbocycles. The fraction of sp³-hybridized carbons (Fsp3) is 0.389. The van der Waals surface area contributed by atoms with Crippen molar-refractivity contribution in [3.05, 3.63) is 42.4 Å². The molecule has 1 aromatic heterocycles. The number of ether oxygens (including phenoxy) is 2. The largest absolute Gasteiger partial charge is 0.468 e. The number of benzene rings is 1. The Morgan fingerprint density at radius 1 is 1.17 bits per heavy atom. The molecule has 2 heterocycles. The number of thioether (sulfide) groups is 1. The van der Waals surface area contributed by atoms with E-state index in [-0.39, 0.29) is 5.91 Å². The van der Waals surface area contributed by atoms with Gasteiger partial charge in [-0.05, 0) is 37.1 Å². The molecule has 2 aliphatic rings. The molecule has 24 heavy (non-hydrogen) atoms. The summed E-state index contributed by atoms with van der Waals surface area (Å²) in [6.07, 6.45) is 5.74. The Hall–Kier alpha value is -2.08. The number of nitrogens with one attached hydrogen (secondary N) is 1. The van der Waals surface area contributed by atoms with Crippen LogP contribution in [-0.4, -0.2) is 17.4 Å². The highest BCUT2D eigenvalue weighted by Crippen LogP contribution is 2.47. The van der Waals surface area contributed by atoms with Crippen LogP contribution in [0.2, 0.25) is 0 Å². The smallest absolute Gasteiger partial charge is 0.251 e. The molecule has 1 N–H and O–H groups in total. The first-order chi connectivity index (χ1) is 11.7. The standard InChI is InChI=1S/C18H19NO4S/c20-17(12-24-11-14-4-3-9-21-14)19-13-5-6-15-16(10-13)23-18(22-15)7-1-2-8-18/h3-6,9-10H,1-2,7-8,11-12H2,(H,19,20). The molecule has 5 nitrogen and oxygen atoms in total. The number of amides is 1. The van der Waals surface area contributed by atoms with Crippen molar-refractivity contribution in [2.24, 2.45) is 0 Å². The van der Waals surface area contributed by atoms with Crippen molar-refractivity contribution in [3.8, 4) is 11.5 Å². The first-order valence-electron chi connectivity index (χ1n) is 8.15. The number of rotatable bonds is 5. The Labute approximate surface area is 144 Å². The Morgan fingerprint density at radius 3 is 2.79 bits per heavy atom. The van der Waals surface area contributed by atoms with E-state index in [1.807, 2.05) is 30.3 Å². The molecular weight excluding hydrogens is 326 g/mol. The van der Waals surface area contributed by atoms with Gasteiger partial charge >= 0.3 is 0 Å². The second-order valence-corrected chi connectivity index (χ2v) is 7.09. The summed E-state index contributed by atoms with van der Waals surface area (Å²) in [6.45, 7) is 0. The lowest BCUT2D eigenvalue weighted by molar-refractivity contribution is -0.113. The summed E-state index contributed by atoms with van der Waals surface area (Å²) in [7, 11) is 0. The van der Waals surface area contributed by atoms with Crippen molar-refractivity contribution in [1.29, 1.82) is 0 Å². The number of hydrogen-bond acceptors (Lipinski definition) is 5. The highest BCUT2D eigenvalue weighted by molar-refractivity contribution is 7.99. The summed E-state index contributed by atoms with van der Waals surface area (Å²) in [6, 6.07) is 9.32. The fourth-order valence-electron chi connectivity index (χ4n) is 3.13. The van der Waals surface area contributed by atoms with Crippen LogP contribution in [-0.2, 0) is 10.5 Å². The first kappa shape index (κ1) is 15.4. The summed E-state index contributed by atoms with van der Waals surface area (Å²) in [5.74, 6) is 2.91. The van der Waals surface area contributed by atoms with Crippen molar-refractivity contribution in [1.82, 2.24) is 0 Å². The zero-order chi connectivity index (χ0) is 16.4. The van der Waals surface area contributed by atoms with Gasteiger partial charge in [-0.2, -0.15) is 0 Å².